The first-order chi connectivity index (χ1) is 11.5. The second-order valence-electron chi connectivity index (χ2n) is 9.71. The summed E-state index contributed by atoms with van der Waals surface area (Å²) in [5.41, 5.74) is -0.840. The van der Waals surface area contributed by atoms with Gasteiger partial charge in [0.2, 0.25) is 0 Å². The molecule has 3 saturated carbocycles. The van der Waals surface area contributed by atoms with Gasteiger partial charge in [0.15, 0.2) is 6.10 Å². The Balaban J connectivity index is 1.84. The first-order valence-electron chi connectivity index (χ1n) is 9.54. The molecule has 0 spiro atoms. The summed E-state index contributed by atoms with van der Waals surface area (Å²) in [5.74, 6) is -0.628. The average molecular weight is 350 g/mol. The largest absolute Gasteiger partial charge is 0.452 e. The van der Waals surface area contributed by atoms with E-state index in [9.17, 15) is 20.1 Å². The minimum Gasteiger partial charge on any atom is -0.452 e. The fourth-order valence-corrected chi connectivity index (χ4v) is 7.01. The number of hydrogen-bond acceptors (Lipinski definition) is 5. The van der Waals surface area contributed by atoms with Crippen LogP contribution < -0.4 is 0 Å². The van der Waals surface area contributed by atoms with Crippen molar-refractivity contribution in [1.82, 2.24) is 0 Å². The molecule has 5 heteroatoms. The Morgan fingerprint density at radius 1 is 1.12 bits per heavy atom. The molecule has 7 atom stereocenters. The lowest BCUT2D eigenvalue weighted by atomic mass is 9.42. The van der Waals surface area contributed by atoms with E-state index in [-0.39, 0.29) is 10.8 Å². The zero-order valence-electron chi connectivity index (χ0n) is 15.6. The minimum absolute atomic E-state index is 0.136. The summed E-state index contributed by atoms with van der Waals surface area (Å²) in [6, 6.07) is 0. The molecule has 3 N–H and O–H groups in total. The van der Waals surface area contributed by atoms with Gasteiger partial charge in [-0.25, -0.2) is 4.79 Å². The van der Waals surface area contributed by atoms with E-state index < -0.39 is 35.8 Å². The molecule has 0 saturated heterocycles. The molecular weight excluding hydrogens is 320 g/mol. The third-order valence-electron chi connectivity index (χ3n) is 8.06. The number of carbonyl (C=O) groups excluding carboxylic acids is 1. The number of hydrogen-bond donors (Lipinski definition) is 3. The van der Waals surface area contributed by atoms with Crippen molar-refractivity contribution in [3.63, 3.8) is 0 Å². The first-order valence-corrected chi connectivity index (χ1v) is 9.54. The first kappa shape index (κ1) is 17.5. The van der Waals surface area contributed by atoms with Crippen LogP contribution in [0.25, 0.3) is 0 Å². The van der Waals surface area contributed by atoms with Crippen LogP contribution in [0, 0.1) is 22.7 Å². The van der Waals surface area contributed by atoms with Crippen LogP contribution in [0.1, 0.15) is 59.8 Å². The van der Waals surface area contributed by atoms with Gasteiger partial charge in [-0.05, 0) is 49.4 Å². The summed E-state index contributed by atoms with van der Waals surface area (Å²) in [6.07, 6.45) is 1.40. The van der Waals surface area contributed by atoms with Gasteiger partial charge in [0, 0.05) is 17.1 Å². The molecule has 0 bridgehead atoms. The molecule has 0 aromatic heterocycles. The molecule has 1 aliphatic heterocycles. The fourth-order valence-electron chi connectivity index (χ4n) is 7.01. The second-order valence-corrected chi connectivity index (χ2v) is 9.71. The maximum absolute atomic E-state index is 12.0. The Labute approximate surface area is 149 Å². The van der Waals surface area contributed by atoms with Crippen molar-refractivity contribution < 1.29 is 24.9 Å². The van der Waals surface area contributed by atoms with E-state index in [2.05, 4.69) is 20.8 Å². The summed E-state index contributed by atoms with van der Waals surface area (Å²) in [6.45, 7) is 8.31. The molecule has 4 aliphatic rings. The topological polar surface area (TPSA) is 87.0 Å². The zero-order chi connectivity index (χ0) is 18.4. The van der Waals surface area contributed by atoms with Crippen LogP contribution in [-0.2, 0) is 9.53 Å². The van der Waals surface area contributed by atoms with E-state index in [0.29, 0.717) is 23.5 Å². The summed E-state index contributed by atoms with van der Waals surface area (Å²) in [4.78, 5) is 12.0. The molecule has 3 aliphatic carbocycles. The van der Waals surface area contributed by atoms with Crippen molar-refractivity contribution in [2.75, 3.05) is 0 Å². The van der Waals surface area contributed by atoms with Gasteiger partial charge in [-0.1, -0.05) is 27.2 Å². The summed E-state index contributed by atoms with van der Waals surface area (Å²) in [7, 11) is 0. The number of ether oxygens (including phenoxy) is 1. The quantitative estimate of drug-likeness (QED) is 0.581. The van der Waals surface area contributed by atoms with Crippen molar-refractivity contribution in [2.24, 2.45) is 22.7 Å². The van der Waals surface area contributed by atoms with E-state index in [4.69, 9.17) is 4.74 Å². The molecule has 0 aromatic rings. The summed E-state index contributed by atoms with van der Waals surface area (Å²) >= 11 is 0. The van der Waals surface area contributed by atoms with Crippen molar-refractivity contribution >= 4 is 5.97 Å². The predicted molar refractivity (Wildman–Crippen MR) is 91.5 cm³/mol. The van der Waals surface area contributed by atoms with E-state index in [1.807, 2.05) is 0 Å². The molecule has 0 radical (unpaired) electrons. The Morgan fingerprint density at radius 2 is 1.80 bits per heavy atom. The average Bonchev–Trinajstić information content (AvgIpc) is 2.80. The third kappa shape index (κ3) is 2.03. The zero-order valence-corrected chi connectivity index (χ0v) is 15.6. The number of aliphatic hydroxyl groups is 3. The minimum atomic E-state index is -1.40. The van der Waals surface area contributed by atoms with E-state index in [1.165, 1.54) is 0 Å². The molecular formula is C20H30O5. The summed E-state index contributed by atoms with van der Waals surface area (Å²) in [5, 5.41) is 33.8. The van der Waals surface area contributed by atoms with Gasteiger partial charge in [0.25, 0.3) is 0 Å². The Hall–Kier alpha value is -0.910. The molecule has 0 aromatic carbocycles. The maximum Gasteiger partial charge on any atom is 0.334 e. The number of aliphatic hydroxyl groups excluding tert-OH is 2. The smallest absolute Gasteiger partial charge is 0.334 e. The lowest BCUT2D eigenvalue weighted by molar-refractivity contribution is -0.259. The molecule has 7 unspecified atom stereocenters. The van der Waals surface area contributed by atoms with Crippen molar-refractivity contribution in [3.8, 4) is 0 Å². The molecule has 5 nitrogen and oxygen atoms in total. The normalized spacial score (nSPS) is 51.5. The van der Waals surface area contributed by atoms with E-state index in [1.54, 1.807) is 6.92 Å². The van der Waals surface area contributed by atoms with Crippen LogP contribution in [0.3, 0.4) is 0 Å². The highest BCUT2D eigenvalue weighted by molar-refractivity contribution is 5.92. The molecule has 3 fully saturated rings. The van der Waals surface area contributed by atoms with Gasteiger partial charge in [-0.3, -0.25) is 0 Å². The lowest BCUT2D eigenvalue weighted by Crippen LogP contribution is -2.71. The molecule has 1 heterocycles. The van der Waals surface area contributed by atoms with Crippen LogP contribution in [0.15, 0.2) is 11.1 Å². The monoisotopic (exact) mass is 350 g/mol. The number of fused-ring (bicyclic) bond motifs is 4. The number of carbonyl (C=O) groups is 1. The van der Waals surface area contributed by atoms with Gasteiger partial charge >= 0.3 is 5.97 Å². The predicted octanol–water partition coefficient (Wildman–Crippen LogP) is 1.94. The van der Waals surface area contributed by atoms with Gasteiger partial charge in [-0.15, -0.1) is 0 Å². The van der Waals surface area contributed by atoms with Crippen molar-refractivity contribution in [1.29, 1.82) is 0 Å². The Kier molecular flexibility index (Phi) is 3.56. The number of rotatable bonds is 0. The Bertz CT molecular complexity index is 652. The lowest BCUT2D eigenvalue weighted by Gasteiger charge is -2.65. The summed E-state index contributed by atoms with van der Waals surface area (Å²) < 4.78 is 5.40. The van der Waals surface area contributed by atoms with Crippen molar-refractivity contribution in [2.45, 2.75) is 83.7 Å². The number of esters is 1. The van der Waals surface area contributed by atoms with Crippen LogP contribution >= 0.6 is 0 Å². The standard InChI is InChI=1S/C20H30O5/c1-10-12-14(25-17(10)23)13(21)15-19(4)8-5-7-18(2,3)11(19)6-9-20(15,24)16(12)22/h11,13-16,21-22,24H,5-9H2,1-4H3. The van der Waals surface area contributed by atoms with Gasteiger partial charge in [-0.2, -0.15) is 0 Å². The van der Waals surface area contributed by atoms with E-state index >= 15 is 0 Å². The van der Waals surface area contributed by atoms with Crippen LogP contribution in [0.2, 0.25) is 0 Å². The Morgan fingerprint density at radius 3 is 2.48 bits per heavy atom. The SMILES string of the molecule is CC1=C2C(OC1=O)C(O)C1C3(C)CCCC(C)(C)C3CCC1(O)C2O. The van der Waals surface area contributed by atoms with Crippen molar-refractivity contribution in [3.05, 3.63) is 11.1 Å². The van der Waals surface area contributed by atoms with Gasteiger partial charge in [0.1, 0.15) is 17.8 Å². The van der Waals surface area contributed by atoms with Crippen LogP contribution in [0.4, 0.5) is 0 Å². The highest BCUT2D eigenvalue weighted by Crippen LogP contribution is 2.65. The molecule has 4 rings (SSSR count). The van der Waals surface area contributed by atoms with E-state index in [0.717, 1.165) is 25.7 Å². The highest BCUT2D eigenvalue weighted by Gasteiger charge is 2.69. The van der Waals surface area contributed by atoms with Crippen LogP contribution in [-0.4, -0.2) is 45.2 Å². The fraction of sp³-hybridized carbons (Fsp3) is 0.850. The molecule has 0 amide bonds. The highest BCUT2D eigenvalue weighted by atomic mass is 16.6. The molecule has 140 valence electrons. The van der Waals surface area contributed by atoms with Gasteiger partial charge < -0.3 is 20.1 Å². The molecule has 25 heavy (non-hydrogen) atoms. The van der Waals surface area contributed by atoms with Crippen LogP contribution in [0.5, 0.6) is 0 Å². The van der Waals surface area contributed by atoms with Gasteiger partial charge in [0.05, 0.1) is 0 Å². The third-order valence-corrected chi connectivity index (χ3v) is 8.06. The second kappa shape index (κ2) is 5.08. The maximum atomic E-state index is 12.0.